The fourth-order valence-corrected chi connectivity index (χ4v) is 2.88. The van der Waals surface area contributed by atoms with E-state index in [1.54, 1.807) is 22.8 Å². The quantitative estimate of drug-likeness (QED) is 0.838. The first kappa shape index (κ1) is 12.1. The van der Waals surface area contributed by atoms with Crippen LogP contribution in [0.4, 0.5) is 4.79 Å². The normalized spacial score (nSPS) is 19.2. The number of halogens is 1. The lowest BCUT2D eigenvalue weighted by Gasteiger charge is -2.14. The van der Waals surface area contributed by atoms with Gasteiger partial charge in [0.15, 0.2) is 0 Å². The third kappa shape index (κ3) is 1.88. The Labute approximate surface area is 113 Å². The van der Waals surface area contributed by atoms with Crippen LogP contribution >= 0.6 is 11.6 Å². The van der Waals surface area contributed by atoms with Crippen LogP contribution in [0.2, 0.25) is 5.02 Å². The standard InChI is InChI=1S/C12H12ClN3O3/c13-8-2-1-3-9-10(8)16(11(17)14-9)7-4-5-15(6-7)12(18)19/h1-3,7H,4-6H2,(H,14,17)(H,18,19). The number of para-hydroxylation sites is 1. The highest BCUT2D eigenvalue weighted by atomic mass is 35.5. The molecule has 2 aromatic rings. The molecule has 2 heterocycles. The van der Waals surface area contributed by atoms with Gasteiger partial charge in [-0.3, -0.25) is 4.57 Å². The molecule has 1 fully saturated rings. The van der Waals surface area contributed by atoms with E-state index >= 15 is 0 Å². The highest BCUT2D eigenvalue weighted by Crippen LogP contribution is 2.28. The molecular weight excluding hydrogens is 270 g/mol. The zero-order valence-electron chi connectivity index (χ0n) is 9.97. The molecule has 1 saturated heterocycles. The summed E-state index contributed by atoms with van der Waals surface area (Å²) in [5, 5.41) is 9.46. The van der Waals surface area contributed by atoms with Gasteiger partial charge in [-0.25, -0.2) is 9.59 Å². The van der Waals surface area contributed by atoms with E-state index in [2.05, 4.69) is 4.98 Å². The molecule has 19 heavy (non-hydrogen) atoms. The molecule has 1 aromatic carbocycles. The molecule has 3 rings (SSSR count). The number of imidazole rings is 1. The van der Waals surface area contributed by atoms with Crippen molar-refractivity contribution in [3.05, 3.63) is 33.7 Å². The Morgan fingerprint density at radius 1 is 1.47 bits per heavy atom. The second-order valence-electron chi connectivity index (χ2n) is 4.61. The zero-order valence-corrected chi connectivity index (χ0v) is 10.7. The lowest BCUT2D eigenvalue weighted by Crippen LogP contribution is -2.29. The van der Waals surface area contributed by atoms with Crippen molar-refractivity contribution in [3.8, 4) is 0 Å². The van der Waals surface area contributed by atoms with Crippen molar-refractivity contribution in [2.75, 3.05) is 13.1 Å². The van der Waals surface area contributed by atoms with Crippen LogP contribution in [-0.4, -0.2) is 38.7 Å². The first-order valence-corrected chi connectivity index (χ1v) is 6.32. The predicted octanol–water partition coefficient (Wildman–Crippen LogP) is 1.91. The molecule has 100 valence electrons. The summed E-state index contributed by atoms with van der Waals surface area (Å²) in [6.45, 7) is 0.747. The minimum absolute atomic E-state index is 0.169. The smallest absolute Gasteiger partial charge is 0.407 e. The number of amides is 1. The van der Waals surface area contributed by atoms with Gasteiger partial charge in [-0.15, -0.1) is 0 Å². The van der Waals surface area contributed by atoms with E-state index in [1.807, 2.05) is 0 Å². The van der Waals surface area contributed by atoms with E-state index in [9.17, 15) is 9.59 Å². The SMILES string of the molecule is O=C(O)N1CCC(n2c(=O)[nH]c3cccc(Cl)c32)C1. The van der Waals surface area contributed by atoms with Crippen molar-refractivity contribution >= 4 is 28.7 Å². The van der Waals surface area contributed by atoms with E-state index in [0.717, 1.165) is 0 Å². The number of benzene rings is 1. The van der Waals surface area contributed by atoms with Gasteiger partial charge in [0.2, 0.25) is 0 Å². The van der Waals surface area contributed by atoms with Crippen LogP contribution in [-0.2, 0) is 0 Å². The molecular formula is C12H12ClN3O3. The number of H-pyrrole nitrogens is 1. The van der Waals surface area contributed by atoms with Crippen LogP contribution in [0.15, 0.2) is 23.0 Å². The summed E-state index contributed by atoms with van der Waals surface area (Å²) in [4.78, 5) is 27.0. The van der Waals surface area contributed by atoms with Gasteiger partial charge >= 0.3 is 11.8 Å². The third-order valence-corrected chi connectivity index (χ3v) is 3.79. The highest BCUT2D eigenvalue weighted by Gasteiger charge is 2.29. The van der Waals surface area contributed by atoms with Gasteiger partial charge in [-0.05, 0) is 18.6 Å². The van der Waals surface area contributed by atoms with E-state index < -0.39 is 6.09 Å². The second kappa shape index (κ2) is 4.31. The molecule has 0 radical (unpaired) electrons. The van der Waals surface area contributed by atoms with E-state index in [0.29, 0.717) is 35.6 Å². The molecule has 1 aliphatic rings. The van der Waals surface area contributed by atoms with Crippen LogP contribution in [0.3, 0.4) is 0 Å². The van der Waals surface area contributed by atoms with Crippen molar-refractivity contribution in [1.82, 2.24) is 14.5 Å². The monoisotopic (exact) mass is 281 g/mol. The van der Waals surface area contributed by atoms with E-state index in [4.69, 9.17) is 16.7 Å². The number of nitrogens with one attached hydrogen (secondary N) is 1. The Kier molecular flexibility index (Phi) is 2.74. The molecule has 0 bridgehead atoms. The van der Waals surface area contributed by atoms with Gasteiger partial charge in [-0.2, -0.15) is 0 Å². The maximum atomic E-state index is 12.0. The molecule has 1 amide bonds. The molecule has 0 saturated carbocycles. The number of fused-ring (bicyclic) bond motifs is 1. The number of likely N-dealkylation sites (tertiary alicyclic amines) is 1. The molecule has 2 N–H and O–H groups in total. The van der Waals surface area contributed by atoms with Crippen molar-refractivity contribution in [2.24, 2.45) is 0 Å². The summed E-state index contributed by atoms with van der Waals surface area (Å²) in [7, 11) is 0. The Morgan fingerprint density at radius 2 is 2.26 bits per heavy atom. The summed E-state index contributed by atoms with van der Waals surface area (Å²) in [5.74, 6) is 0. The molecule has 7 heteroatoms. The fourth-order valence-electron chi connectivity index (χ4n) is 2.61. The van der Waals surface area contributed by atoms with E-state index in [-0.39, 0.29) is 11.7 Å². The zero-order chi connectivity index (χ0) is 13.6. The molecule has 1 aliphatic heterocycles. The fraction of sp³-hybridized carbons (Fsp3) is 0.333. The maximum Gasteiger partial charge on any atom is 0.407 e. The van der Waals surface area contributed by atoms with Gasteiger partial charge in [0, 0.05) is 13.1 Å². The maximum absolute atomic E-state index is 12.0. The van der Waals surface area contributed by atoms with Crippen LogP contribution in [0.1, 0.15) is 12.5 Å². The average Bonchev–Trinajstić information content (AvgIpc) is 2.93. The number of rotatable bonds is 1. The molecule has 0 spiro atoms. The molecule has 1 unspecified atom stereocenters. The predicted molar refractivity (Wildman–Crippen MR) is 70.8 cm³/mol. The van der Waals surface area contributed by atoms with Gasteiger partial charge < -0.3 is 15.0 Å². The summed E-state index contributed by atoms with van der Waals surface area (Å²) in [5.41, 5.74) is 1.07. The molecule has 1 aromatic heterocycles. The van der Waals surface area contributed by atoms with Gasteiger partial charge in [0.1, 0.15) is 0 Å². The highest BCUT2D eigenvalue weighted by molar-refractivity contribution is 6.34. The van der Waals surface area contributed by atoms with Crippen molar-refractivity contribution in [3.63, 3.8) is 0 Å². The van der Waals surface area contributed by atoms with Crippen LogP contribution in [0.5, 0.6) is 0 Å². The lowest BCUT2D eigenvalue weighted by atomic mass is 10.2. The minimum atomic E-state index is -0.957. The molecule has 1 atom stereocenters. The number of nitrogens with zero attached hydrogens (tertiary/aromatic N) is 2. The van der Waals surface area contributed by atoms with Crippen molar-refractivity contribution < 1.29 is 9.90 Å². The first-order chi connectivity index (χ1) is 9.08. The van der Waals surface area contributed by atoms with Crippen molar-refractivity contribution in [2.45, 2.75) is 12.5 Å². The Balaban J connectivity index is 2.09. The molecule has 6 nitrogen and oxygen atoms in total. The lowest BCUT2D eigenvalue weighted by molar-refractivity contribution is 0.154. The third-order valence-electron chi connectivity index (χ3n) is 3.49. The number of aromatic nitrogens is 2. The first-order valence-electron chi connectivity index (χ1n) is 5.94. The molecule has 0 aliphatic carbocycles. The van der Waals surface area contributed by atoms with Gasteiger partial charge in [0.05, 0.1) is 22.1 Å². The van der Waals surface area contributed by atoms with Crippen LogP contribution in [0, 0.1) is 0 Å². The number of hydrogen-bond acceptors (Lipinski definition) is 2. The van der Waals surface area contributed by atoms with Crippen molar-refractivity contribution in [1.29, 1.82) is 0 Å². The number of carboxylic acid groups (broad SMARTS) is 1. The Morgan fingerprint density at radius 3 is 2.95 bits per heavy atom. The summed E-state index contributed by atoms with van der Waals surface area (Å²) in [6, 6.07) is 5.10. The second-order valence-corrected chi connectivity index (χ2v) is 5.01. The topological polar surface area (TPSA) is 78.3 Å². The largest absolute Gasteiger partial charge is 0.465 e. The average molecular weight is 282 g/mol. The number of aromatic amines is 1. The van der Waals surface area contributed by atoms with E-state index in [1.165, 1.54) is 4.90 Å². The Hall–Kier alpha value is -1.95. The Bertz CT molecular complexity index is 706. The van der Waals surface area contributed by atoms with Crippen LogP contribution < -0.4 is 5.69 Å². The summed E-state index contributed by atoms with van der Waals surface area (Å²) >= 11 is 6.14. The summed E-state index contributed by atoms with van der Waals surface area (Å²) in [6.07, 6.45) is -0.341. The number of carbonyl (C=O) groups is 1. The summed E-state index contributed by atoms with van der Waals surface area (Å²) < 4.78 is 1.57. The van der Waals surface area contributed by atoms with Gasteiger partial charge in [0.25, 0.3) is 0 Å². The number of hydrogen-bond donors (Lipinski definition) is 2. The minimum Gasteiger partial charge on any atom is -0.465 e. The van der Waals surface area contributed by atoms with Gasteiger partial charge in [-0.1, -0.05) is 17.7 Å². The van der Waals surface area contributed by atoms with Crippen LogP contribution in [0.25, 0.3) is 11.0 Å².